The van der Waals surface area contributed by atoms with Crippen molar-refractivity contribution in [1.29, 1.82) is 0 Å². The highest BCUT2D eigenvalue weighted by atomic mass is 32.2. The van der Waals surface area contributed by atoms with Gasteiger partial charge in [-0.3, -0.25) is 4.79 Å². The zero-order valence-electron chi connectivity index (χ0n) is 15.3. The average Bonchev–Trinajstić information content (AvgIpc) is 3.05. The second kappa shape index (κ2) is 9.83. The maximum Gasteiger partial charge on any atom is 0.221 e. The number of aryl methyl sites for hydroxylation is 1. The van der Waals surface area contributed by atoms with E-state index in [-0.39, 0.29) is 29.9 Å². The Morgan fingerprint density at radius 1 is 1.27 bits per heavy atom. The smallest absolute Gasteiger partial charge is 0.221 e. The van der Waals surface area contributed by atoms with Crippen molar-refractivity contribution in [2.75, 3.05) is 5.75 Å². The molecule has 26 heavy (non-hydrogen) atoms. The van der Waals surface area contributed by atoms with Crippen LogP contribution < -0.4 is 5.32 Å². The van der Waals surface area contributed by atoms with E-state index in [1.54, 1.807) is 5.38 Å². The molecule has 1 atom stereocenters. The van der Waals surface area contributed by atoms with Crippen LogP contribution in [0.2, 0.25) is 0 Å². The van der Waals surface area contributed by atoms with Crippen molar-refractivity contribution in [3.8, 4) is 0 Å². The third-order valence-electron chi connectivity index (χ3n) is 4.03. The highest BCUT2D eigenvalue weighted by Gasteiger charge is 2.17. The summed E-state index contributed by atoms with van der Waals surface area (Å²) in [5, 5.41) is 5.63. The second-order valence-electron chi connectivity index (χ2n) is 6.38. The number of thiazole rings is 1. The van der Waals surface area contributed by atoms with E-state index < -0.39 is 9.84 Å². The van der Waals surface area contributed by atoms with Gasteiger partial charge < -0.3 is 5.32 Å². The molecule has 0 saturated heterocycles. The molecule has 1 aromatic carbocycles. The fraction of sp³-hybridized carbons (Fsp3) is 0.474. The number of unbranched alkanes of at least 4 members (excludes halogenated alkanes) is 1. The van der Waals surface area contributed by atoms with Crippen molar-refractivity contribution in [3.05, 3.63) is 52.0 Å². The van der Waals surface area contributed by atoms with Gasteiger partial charge in [0.25, 0.3) is 0 Å². The van der Waals surface area contributed by atoms with Gasteiger partial charge in [-0.25, -0.2) is 13.4 Å². The van der Waals surface area contributed by atoms with Gasteiger partial charge in [-0.2, -0.15) is 0 Å². The molecular weight excluding hydrogens is 368 g/mol. The first-order valence-electron chi connectivity index (χ1n) is 8.87. The topological polar surface area (TPSA) is 76.1 Å². The minimum Gasteiger partial charge on any atom is -0.350 e. The van der Waals surface area contributed by atoms with Gasteiger partial charge in [0.1, 0.15) is 0 Å². The lowest BCUT2D eigenvalue weighted by atomic mass is 10.1. The quantitative estimate of drug-likeness (QED) is 0.667. The molecule has 2 aromatic rings. The summed E-state index contributed by atoms with van der Waals surface area (Å²) in [7, 11) is -3.35. The van der Waals surface area contributed by atoms with E-state index in [2.05, 4.69) is 17.2 Å². The van der Waals surface area contributed by atoms with E-state index in [9.17, 15) is 13.2 Å². The Bertz CT molecular complexity index is 801. The molecule has 1 unspecified atom stereocenters. The van der Waals surface area contributed by atoms with E-state index in [1.807, 2.05) is 37.3 Å². The summed E-state index contributed by atoms with van der Waals surface area (Å²) in [6.45, 7) is 4.00. The molecule has 2 rings (SSSR count). The third kappa shape index (κ3) is 6.88. The van der Waals surface area contributed by atoms with Gasteiger partial charge in [0.2, 0.25) is 5.91 Å². The molecule has 0 aliphatic carbocycles. The molecule has 0 aliphatic heterocycles. The summed E-state index contributed by atoms with van der Waals surface area (Å²) >= 11 is 1.51. The van der Waals surface area contributed by atoms with E-state index in [1.165, 1.54) is 11.3 Å². The van der Waals surface area contributed by atoms with Crippen molar-refractivity contribution in [1.82, 2.24) is 10.3 Å². The summed E-state index contributed by atoms with van der Waals surface area (Å²) in [4.78, 5) is 16.4. The van der Waals surface area contributed by atoms with Gasteiger partial charge in [0.15, 0.2) is 9.84 Å². The summed E-state index contributed by atoms with van der Waals surface area (Å²) in [5.74, 6) is -0.522. The Hall–Kier alpha value is -1.73. The first-order chi connectivity index (χ1) is 12.4. The first-order valence-corrected chi connectivity index (χ1v) is 11.6. The molecule has 0 fully saturated rings. The fourth-order valence-electron chi connectivity index (χ4n) is 2.54. The number of hydrogen-bond donors (Lipinski definition) is 1. The zero-order chi connectivity index (χ0) is 19.0. The van der Waals surface area contributed by atoms with Crippen LogP contribution in [0.15, 0.2) is 35.7 Å². The lowest BCUT2D eigenvalue weighted by Gasteiger charge is -2.14. The maximum atomic E-state index is 12.3. The van der Waals surface area contributed by atoms with Crippen LogP contribution >= 0.6 is 11.3 Å². The monoisotopic (exact) mass is 394 g/mol. The lowest BCUT2D eigenvalue weighted by molar-refractivity contribution is -0.121. The minimum atomic E-state index is -3.35. The molecule has 7 heteroatoms. The van der Waals surface area contributed by atoms with Crippen molar-refractivity contribution in [2.45, 2.75) is 51.3 Å². The number of nitrogens with zero attached hydrogens (tertiary/aromatic N) is 1. The summed E-state index contributed by atoms with van der Waals surface area (Å²) < 4.78 is 24.5. The average molecular weight is 395 g/mol. The number of hydrogen-bond acceptors (Lipinski definition) is 5. The number of carbonyl (C=O) groups is 1. The van der Waals surface area contributed by atoms with E-state index in [0.717, 1.165) is 29.8 Å². The van der Waals surface area contributed by atoms with Crippen LogP contribution in [0.25, 0.3) is 0 Å². The summed E-state index contributed by atoms with van der Waals surface area (Å²) in [5.41, 5.74) is 1.57. The van der Waals surface area contributed by atoms with Gasteiger partial charge >= 0.3 is 0 Å². The van der Waals surface area contributed by atoms with Crippen LogP contribution in [-0.4, -0.2) is 25.1 Å². The molecule has 0 radical (unpaired) electrons. The van der Waals surface area contributed by atoms with Crippen LogP contribution in [0.3, 0.4) is 0 Å². The molecule has 142 valence electrons. The van der Waals surface area contributed by atoms with Crippen molar-refractivity contribution in [3.63, 3.8) is 0 Å². The Morgan fingerprint density at radius 3 is 2.69 bits per heavy atom. The van der Waals surface area contributed by atoms with E-state index in [0.29, 0.717) is 5.69 Å². The molecule has 0 bridgehead atoms. The second-order valence-corrected chi connectivity index (χ2v) is 9.50. The third-order valence-corrected chi connectivity index (χ3v) is 6.55. The number of benzene rings is 1. The van der Waals surface area contributed by atoms with Gasteiger partial charge in [-0.05, 0) is 25.3 Å². The Labute approximate surface area is 159 Å². The normalized spacial score (nSPS) is 12.7. The highest BCUT2D eigenvalue weighted by molar-refractivity contribution is 7.90. The van der Waals surface area contributed by atoms with Gasteiger partial charge in [-0.15, -0.1) is 11.3 Å². The molecule has 0 spiro atoms. The molecule has 1 N–H and O–H groups in total. The van der Waals surface area contributed by atoms with E-state index >= 15 is 0 Å². The standard InChI is InChI=1S/C19H26N2O3S2/c1-3-4-10-19-21-17(13-25-19)14-26(23,24)12-11-18(22)20-15(2)16-8-6-5-7-9-16/h5-9,13,15H,3-4,10-12,14H2,1-2H3,(H,20,22). The molecule has 1 heterocycles. The number of amides is 1. The zero-order valence-corrected chi connectivity index (χ0v) is 16.9. The number of rotatable bonds is 10. The predicted octanol–water partition coefficient (Wildman–Crippen LogP) is 3.67. The van der Waals surface area contributed by atoms with Crippen molar-refractivity contribution in [2.24, 2.45) is 0 Å². The van der Waals surface area contributed by atoms with Crippen molar-refractivity contribution >= 4 is 27.1 Å². The predicted molar refractivity (Wildman–Crippen MR) is 106 cm³/mol. The van der Waals surface area contributed by atoms with Gasteiger partial charge in [0.05, 0.1) is 28.2 Å². The summed E-state index contributed by atoms with van der Waals surface area (Å²) in [6, 6.07) is 9.44. The molecular formula is C19H26N2O3S2. The Morgan fingerprint density at radius 2 is 2.00 bits per heavy atom. The number of carbonyl (C=O) groups excluding carboxylic acids is 1. The molecule has 1 aromatic heterocycles. The highest BCUT2D eigenvalue weighted by Crippen LogP contribution is 2.16. The van der Waals surface area contributed by atoms with E-state index in [4.69, 9.17) is 0 Å². The lowest BCUT2D eigenvalue weighted by Crippen LogP contribution is -2.28. The van der Waals surface area contributed by atoms with Crippen LogP contribution in [-0.2, 0) is 26.8 Å². The fourth-order valence-corrected chi connectivity index (χ4v) is 4.73. The molecule has 0 saturated carbocycles. The Balaban J connectivity index is 1.81. The maximum absolute atomic E-state index is 12.3. The molecule has 0 aliphatic rings. The Kier molecular flexibility index (Phi) is 7.78. The number of aromatic nitrogens is 1. The molecule has 5 nitrogen and oxygen atoms in total. The van der Waals surface area contributed by atoms with Crippen LogP contribution in [0.5, 0.6) is 0 Å². The van der Waals surface area contributed by atoms with Crippen molar-refractivity contribution < 1.29 is 13.2 Å². The van der Waals surface area contributed by atoms with Gasteiger partial charge in [-0.1, -0.05) is 43.7 Å². The largest absolute Gasteiger partial charge is 0.350 e. The number of nitrogens with one attached hydrogen (secondary N) is 1. The van der Waals surface area contributed by atoms with Crippen LogP contribution in [0.4, 0.5) is 0 Å². The van der Waals surface area contributed by atoms with Gasteiger partial charge in [0, 0.05) is 11.8 Å². The SMILES string of the molecule is CCCCc1nc(CS(=O)(=O)CCC(=O)NC(C)c2ccccc2)cs1. The first kappa shape index (κ1) is 20.6. The summed E-state index contributed by atoms with van der Waals surface area (Å²) in [6.07, 6.45) is 3.00. The number of sulfone groups is 1. The minimum absolute atomic E-state index is 0.0354. The van der Waals surface area contributed by atoms with Crippen LogP contribution in [0, 0.1) is 0 Å². The molecule has 1 amide bonds. The van der Waals surface area contributed by atoms with Crippen LogP contribution in [0.1, 0.15) is 55.4 Å².